The van der Waals surface area contributed by atoms with E-state index in [2.05, 4.69) is 22.2 Å². The number of rotatable bonds is 4. The topological polar surface area (TPSA) is 63.8 Å². The van der Waals surface area contributed by atoms with E-state index in [0.717, 1.165) is 24.5 Å². The first-order chi connectivity index (χ1) is 5.86. The molecular weight excluding hydrogens is 152 g/mol. The van der Waals surface area contributed by atoms with Crippen molar-refractivity contribution in [3.05, 3.63) is 18.1 Å². The summed E-state index contributed by atoms with van der Waals surface area (Å²) in [6, 6.07) is 0. The van der Waals surface area contributed by atoms with Gasteiger partial charge >= 0.3 is 0 Å². The van der Waals surface area contributed by atoms with Crippen LogP contribution in [0.5, 0.6) is 0 Å². The van der Waals surface area contributed by atoms with Gasteiger partial charge in [-0.2, -0.15) is 0 Å². The second kappa shape index (κ2) is 4.66. The molecule has 0 spiro atoms. The third-order valence-electron chi connectivity index (χ3n) is 1.45. The van der Waals surface area contributed by atoms with E-state index in [1.807, 2.05) is 0 Å². The summed E-state index contributed by atoms with van der Waals surface area (Å²) >= 11 is 0. The molecule has 12 heavy (non-hydrogen) atoms. The fraction of sp³-hybridized carbons (Fsp3) is 0.500. The van der Waals surface area contributed by atoms with Crippen molar-refractivity contribution < 1.29 is 0 Å². The molecule has 0 saturated carbocycles. The standard InChI is InChI=1S/C8H14N4/c1-2-3-11-8-6-10-5-7(4-9)12-8/h5-6H,2-4,9H2,1H3,(H,11,12). The molecule has 4 heteroatoms. The molecule has 1 heterocycles. The highest BCUT2D eigenvalue weighted by Gasteiger charge is 1.94. The van der Waals surface area contributed by atoms with Crippen LogP contribution in [0.4, 0.5) is 5.82 Å². The van der Waals surface area contributed by atoms with Gasteiger partial charge in [0.25, 0.3) is 0 Å². The van der Waals surface area contributed by atoms with E-state index in [0.29, 0.717) is 6.54 Å². The third kappa shape index (κ3) is 2.47. The zero-order chi connectivity index (χ0) is 8.81. The molecule has 3 N–H and O–H groups in total. The van der Waals surface area contributed by atoms with Crippen LogP contribution in [-0.2, 0) is 6.54 Å². The van der Waals surface area contributed by atoms with Gasteiger partial charge in [-0.3, -0.25) is 4.98 Å². The van der Waals surface area contributed by atoms with Gasteiger partial charge in [0.05, 0.1) is 11.9 Å². The van der Waals surface area contributed by atoms with Gasteiger partial charge in [0, 0.05) is 19.3 Å². The summed E-state index contributed by atoms with van der Waals surface area (Å²) in [6.45, 7) is 3.46. The van der Waals surface area contributed by atoms with E-state index in [1.54, 1.807) is 12.4 Å². The second-order valence-corrected chi connectivity index (χ2v) is 2.53. The Balaban J connectivity index is 2.60. The highest BCUT2D eigenvalue weighted by molar-refractivity contribution is 5.31. The lowest BCUT2D eigenvalue weighted by atomic mass is 10.4. The van der Waals surface area contributed by atoms with Crippen LogP contribution in [0.15, 0.2) is 12.4 Å². The summed E-state index contributed by atoms with van der Waals surface area (Å²) < 4.78 is 0. The summed E-state index contributed by atoms with van der Waals surface area (Å²) in [4.78, 5) is 8.23. The molecule has 0 radical (unpaired) electrons. The average Bonchev–Trinajstić information content (AvgIpc) is 2.15. The molecule has 4 nitrogen and oxygen atoms in total. The number of anilines is 1. The van der Waals surface area contributed by atoms with Gasteiger partial charge in [-0.1, -0.05) is 6.92 Å². The van der Waals surface area contributed by atoms with E-state index in [-0.39, 0.29) is 0 Å². The molecule has 0 unspecified atom stereocenters. The Hall–Kier alpha value is -1.16. The van der Waals surface area contributed by atoms with Gasteiger partial charge in [0.15, 0.2) is 0 Å². The van der Waals surface area contributed by atoms with Crippen molar-refractivity contribution in [3.63, 3.8) is 0 Å². The molecular formula is C8H14N4. The monoisotopic (exact) mass is 166 g/mol. The molecule has 0 aliphatic heterocycles. The van der Waals surface area contributed by atoms with E-state index in [9.17, 15) is 0 Å². The maximum Gasteiger partial charge on any atom is 0.144 e. The Labute approximate surface area is 72.2 Å². The van der Waals surface area contributed by atoms with Crippen molar-refractivity contribution in [1.29, 1.82) is 0 Å². The molecule has 0 fully saturated rings. The predicted octanol–water partition coefficient (Wildman–Crippen LogP) is 0.757. The zero-order valence-electron chi connectivity index (χ0n) is 7.25. The van der Waals surface area contributed by atoms with E-state index in [1.165, 1.54) is 0 Å². The zero-order valence-corrected chi connectivity index (χ0v) is 7.25. The summed E-state index contributed by atoms with van der Waals surface area (Å²) in [6.07, 6.45) is 4.46. The molecule has 0 amide bonds. The third-order valence-corrected chi connectivity index (χ3v) is 1.45. The largest absolute Gasteiger partial charge is 0.369 e. The minimum Gasteiger partial charge on any atom is -0.369 e. The molecule has 0 aromatic carbocycles. The SMILES string of the molecule is CCCNc1cncc(CN)n1. The summed E-state index contributed by atoms with van der Waals surface area (Å²) in [5.41, 5.74) is 6.23. The first kappa shape index (κ1) is 8.93. The van der Waals surface area contributed by atoms with E-state index < -0.39 is 0 Å². The van der Waals surface area contributed by atoms with Crippen LogP contribution in [0.2, 0.25) is 0 Å². The van der Waals surface area contributed by atoms with E-state index in [4.69, 9.17) is 5.73 Å². The molecule has 0 bridgehead atoms. The number of nitrogens with one attached hydrogen (secondary N) is 1. The second-order valence-electron chi connectivity index (χ2n) is 2.53. The predicted molar refractivity (Wildman–Crippen MR) is 48.7 cm³/mol. The normalized spacial score (nSPS) is 9.83. The smallest absolute Gasteiger partial charge is 0.144 e. The fourth-order valence-electron chi connectivity index (χ4n) is 0.843. The maximum absolute atomic E-state index is 5.42. The fourth-order valence-corrected chi connectivity index (χ4v) is 0.843. The molecule has 0 saturated heterocycles. The molecule has 1 rings (SSSR count). The van der Waals surface area contributed by atoms with Crippen molar-refractivity contribution in [2.24, 2.45) is 5.73 Å². The van der Waals surface area contributed by atoms with Crippen molar-refractivity contribution in [2.45, 2.75) is 19.9 Å². The quantitative estimate of drug-likeness (QED) is 0.693. The molecule has 0 aliphatic carbocycles. The number of hydrogen-bond acceptors (Lipinski definition) is 4. The lowest BCUT2D eigenvalue weighted by Gasteiger charge is -2.03. The van der Waals surface area contributed by atoms with Gasteiger partial charge < -0.3 is 11.1 Å². The number of nitrogens with two attached hydrogens (primary N) is 1. The van der Waals surface area contributed by atoms with Crippen molar-refractivity contribution >= 4 is 5.82 Å². The van der Waals surface area contributed by atoms with Gasteiger partial charge in [-0.15, -0.1) is 0 Å². The van der Waals surface area contributed by atoms with Crippen LogP contribution in [0, 0.1) is 0 Å². The Morgan fingerprint density at radius 3 is 3.00 bits per heavy atom. The van der Waals surface area contributed by atoms with Gasteiger partial charge in [0.1, 0.15) is 5.82 Å². The van der Waals surface area contributed by atoms with Gasteiger partial charge in [0.2, 0.25) is 0 Å². The highest BCUT2D eigenvalue weighted by Crippen LogP contribution is 2.00. The van der Waals surface area contributed by atoms with Crippen LogP contribution < -0.4 is 11.1 Å². The Kier molecular flexibility index (Phi) is 3.47. The lowest BCUT2D eigenvalue weighted by molar-refractivity contribution is 0.930. The van der Waals surface area contributed by atoms with Crippen LogP contribution in [0.3, 0.4) is 0 Å². The van der Waals surface area contributed by atoms with Crippen LogP contribution in [-0.4, -0.2) is 16.5 Å². The Bertz CT molecular complexity index is 236. The minimum absolute atomic E-state index is 0.439. The van der Waals surface area contributed by atoms with Gasteiger partial charge in [-0.05, 0) is 6.42 Å². The van der Waals surface area contributed by atoms with Crippen molar-refractivity contribution in [3.8, 4) is 0 Å². The lowest BCUT2D eigenvalue weighted by Crippen LogP contribution is -2.06. The first-order valence-electron chi connectivity index (χ1n) is 4.11. The number of aromatic nitrogens is 2. The maximum atomic E-state index is 5.42. The first-order valence-corrected chi connectivity index (χ1v) is 4.11. The van der Waals surface area contributed by atoms with Gasteiger partial charge in [-0.25, -0.2) is 4.98 Å². The van der Waals surface area contributed by atoms with Crippen molar-refractivity contribution in [1.82, 2.24) is 9.97 Å². The van der Waals surface area contributed by atoms with Crippen LogP contribution in [0.25, 0.3) is 0 Å². The minimum atomic E-state index is 0.439. The molecule has 1 aromatic rings. The average molecular weight is 166 g/mol. The molecule has 66 valence electrons. The highest BCUT2D eigenvalue weighted by atomic mass is 15.0. The molecule has 0 atom stereocenters. The van der Waals surface area contributed by atoms with E-state index >= 15 is 0 Å². The summed E-state index contributed by atoms with van der Waals surface area (Å²) in [5.74, 6) is 0.805. The number of hydrogen-bond donors (Lipinski definition) is 2. The van der Waals surface area contributed by atoms with Crippen LogP contribution >= 0.6 is 0 Å². The number of nitrogens with zero attached hydrogens (tertiary/aromatic N) is 2. The summed E-state index contributed by atoms with van der Waals surface area (Å²) in [7, 11) is 0. The molecule has 0 aliphatic rings. The molecule has 1 aromatic heterocycles. The summed E-state index contributed by atoms with van der Waals surface area (Å²) in [5, 5.41) is 3.14. The Morgan fingerprint density at radius 1 is 1.50 bits per heavy atom. The van der Waals surface area contributed by atoms with Crippen LogP contribution in [0.1, 0.15) is 19.0 Å². The Morgan fingerprint density at radius 2 is 2.33 bits per heavy atom. The van der Waals surface area contributed by atoms with Crippen molar-refractivity contribution in [2.75, 3.05) is 11.9 Å².